The molecule has 0 fully saturated rings. The van der Waals surface area contributed by atoms with Crippen LogP contribution in [-0.2, 0) is 6.54 Å². The molecular weight excluding hydrogens is 380 g/mol. The molecule has 5 heteroatoms. The summed E-state index contributed by atoms with van der Waals surface area (Å²) in [5.74, 6) is -0.346. The highest BCUT2D eigenvalue weighted by molar-refractivity contribution is 9.10. The highest BCUT2D eigenvalue weighted by atomic mass is 79.9. The van der Waals surface area contributed by atoms with Gasteiger partial charge < -0.3 is 9.88 Å². The molecule has 2 aromatic rings. The molecule has 0 bridgehead atoms. The summed E-state index contributed by atoms with van der Waals surface area (Å²) in [7, 11) is 0. The Bertz CT molecular complexity index is 846. The Morgan fingerprint density at radius 3 is 2.28 bits per heavy atom. The maximum absolute atomic E-state index is 12.8. The van der Waals surface area contributed by atoms with Crippen LogP contribution in [0.2, 0.25) is 0 Å². The number of amides is 1. The minimum atomic E-state index is -0.346. The summed E-state index contributed by atoms with van der Waals surface area (Å²) in [6.45, 7) is 10.6. The highest BCUT2D eigenvalue weighted by Crippen LogP contribution is 2.25. The Hall–Kier alpha value is -1.88. The lowest BCUT2D eigenvalue weighted by molar-refractivity contribution is 0.102. The highest BCUT2D eigenvalue weighted by Gasteiger charge is 2.19. The van der Waals surface area contributed by atoms with E-state index in [2.05, 4.69) is 32.7 Å². The van der Waals surface area contributed by atoms with Crippen molar-refractivity contribution in [2.24, 2.45) is 0 Å². The zero-order valence-electron chi connectivity index (χ0n) is 15.5. The number of nitrogens with one attached hydrogen (secondary N) is 1. The van der Waals surface area contributed by atoms with Gasteiger partial charge in [-0.3, -0.25) is 9.59 Å². The number of rotatable bonds is 5. The molecule has 0 spiro atoms. The Balaban J connectivity index is 2.45. The Labute approximate surface area is 157 Å². The van der Waals surface area contributed by atoms with Gasteiger partial charge >= 0.3 is 0 Å². The van der Waals surface area contributed by atoms with Crippen molar-refractivity contribution in [3.63, 3.8) is 0 Å². The number of halogens is 1. The number of carbonyl (C=O) groups excluding carboxylic acids is 1. The SMILES string of the molecule is CCCCn1c(C)cc(=O)c(C(=O)Nc2c(C)cc(Br)cc2C)c1C. The molecule has 0 aliphatic rings. The summed E-state index contributed by atoms with van der Waals surface area (Å²) < 4.78 is 3.02. The molecular formula is C20H25BrN2O2. The third-order valence-corrected chi connectivity index (χ3v) is 4.93. The molecule has 25 heavy (non-hydrogen) atoms. The van der Waals surface area contributed by atoms with E-state index in [4.69, 9.17) is 0 Å². The number of hydrogen-bond donors (Lipinski definition) is 1. The maximum Gasteiger partial charge on any atom is 0.261 e. The van der Waals surface area contributed by atoms with E-state index >= 15 is 0 Å². The zero-order valence-corrected chi connectivity index (χ0v) is 17.1. The number of unbranched alkanes of at least 4 members (excludes halogenated alkanes) is 1. The van der Waals surface area contributed by atoms with E-state index in [9.17, 15) is 9.59 Å². The van der Waals surface area contributed by atoms with Crippen molar-refractivity contribution in [2.75, 3.05) is 5.32 Å². The van der Waals surface area contributed by atoms with Crippen molar-refractivity contribution in [1.82, 2.24) is 4.57 Å². The van der Waals surface area contributed by atoms with E-state index in [1.54, 1.807) is 6.07 Å². The van der Waals surface area contributed by atoms with E-state index in [0.29, 0.717) is 0 Å². The second-order valence-electron chi connectivity index (χ2n) is 6.48. The second-order valence-corrected chi connectivity index (χ2v) is 7.40. The first kappa shape index (κ1) is 19.4. The molecule has 0 unspecified atom stereocenters. The van der Waals surface area contributed by atoms with Crippen LogP contribution in [0, 0.1) is 27.7 Å². The zero-order chi connectivity index (χ0) is 18.7. The number of benzene rings is 1. The van der Waals surface area contributed by atoms with Gasteiger partial charge in [0.1, 0.15) is 5.56 Å². The first-order chi connectivity index (χ1) is 11.8. The van der Waals surface area contributed by atoms with Crippen molar-refractivity contribution < 1.29 is 4.79 Å². The van der Waals surface area contributed by atoms with Crippen LogP contribution in [0.25, 0.3) is 0 Å². The minimum absolute atomic E-state index is 0.225. The molecule has 2 rings (SSSR count). The lowest BCUT2D eigenvalue weighted by Gasteiger charge is -2.18. The molecule has 0 aliphatic carbocycles. The van der Waals surface area contributed by atoms with E-state index in [0.717, 1.165) is 52.1 Å². The van der Waals surface area contributed by atoms with Crippen molar-refractivity contribution >= 4 is 27.5 Å². The quantitative estimate of drug-likeness (QED) is 0.770. The number of aryl methyl sites for hydroxylation is 3. The topological polar surface area (TPSA) is 51.1 Å². The van der Waals surface area contributed by atoms with Gasteiger partial charge in [0, 0.05) is 34.2 Å². The van der Waals surface area contributed by atoms with Gasteiger partial charge in [0.05, 0.1) is 0 Å². The molecule has 1 aromatic carbocycles. The average molecular weight is 405 g/mol. The van der Waals surface area contributed by atoms with E-state index in [1.165, 1.54) is 0 Å². The molecule has 1 amide bonds. The molecule has 0 saturated heterocycles. The fraction of sp³-hybridized carbons (Fsp3) is 0.400. The molecule has 1 heterocycles. The van der Waals surface area contributed by atoms with Gasteiger partial charge in [-0.15, -0.1) is 0 Å². The van der Waals surface area contributed by atoms with Crippen molar-refractivity contribution in [3.8, 4) is 0 Å². The van der Waals surface area contributed by atoms with Gasteiger partial charge in [-0.05, 0) is 57.4 Å². The molecule has 1 aromatic heterocycles. The first-order valence-corrected chi connectivity index (χ1v) is 9.34. The first-order valence-electron chi connectivity index (χ1n) is 8.55. The Morgan fingerprint density at radius 1 is 1.12 bits per heavy atom. The fourth-order valence-corrected chi connectivity index (χ4v) is 3.82. The smallest absolute Gasteiger partial charge is 0.261 e. The minimum Gasteiger partial charge on any atom is -0.348 e. The van der Waals surface area contributed by atoms with Crippen molar-refractivity contribution in [2.45, 2.75) is 54.0 Å². The number of aromatic nitrogens is 1. The second kappa shape index (κ2) is 8.00. The van der Waals surface area contributed by atoms with Crippen molar-refractivity contribution in [1.29, 1.82) is 0 Å². The largest absolute Gasteiger partial charge is 0.348 e. The number of hydrogen-bond acceptors (Lipinski definition) is 2. The molecule has 4 nitrogen and oxygen atoms in total. The van der Waals surface area contributed by atoms with Gasteiger partial charge in [-0.2, -0.15) is 0 Å². The summed E-state index contributed by atoms with van der Waals surface area (Å²) in [5, 5.41) is 2.93. The molecule has 1 N–H and O–H groups in total. The molecule has 0 atom stereocenters. The van der Waals surface area contributed by atoms with Crippen LogP contribution in [0.3, 0.4) is 0 Å². The summed E-state index contributed by atoms with van der Waals surface area (Å²) in [4.78, 5) is 25.3. The van der Waals surface area contributed by atoms with E-state index in [-0.39, 0.29) is 16.9 Å². The average Bonchev–Trinajstić information content (AvgIpc) is 2.50. The van der Waals surface area contributed by atoms with Crippen LogP contribution < -0.4 is 10.7 Å². The Kier molecular flexibility index (Phi) is 6.22. The number of nitrogens with zero attached hydrogens (tertiary/aromatic N) is 1. The van der Waals surface area contributed by atoms with Crippen LogP contribution in [0.15, 0.2) is 27.5 Å². The van der Waals surface area contributed by atoms with Crippen LogP contribution in [0.5, 0.6) is 0 Å². The fourth-order valence-electron chi connectivity index (χ4n) is 3.14. The van der Waals surface area contributed by atoms with E-state index < -0.39 is 0 Å². The van der Waals surface area contributed by atoms with Crippen LogP contribution in [-0.4, -0.2) is 10.5 Å². The van der Waals surface area contributed by atoms with Crippen LogP contribution in [0.4, 0.5) is 5.69 Å². The third-order valence-electron chi connectivity index (χ3n) is 4.48. The van der Waals surface area contributed by atoms with Crippen molar-refractivity contribution in [3.05, 3.63) is 61.0 Å². The molecule has 134 valence electrons. The lowest BCUT2D eigenvalue weighted by atomic mass is 10.1. The standard InChI is InChI=1S/C20H25BrN2O2/c1-6-7-8-23-14(4)11-17(24)18(15(23)5)20(25)22-19-12(2)9-16(21)10-13(19)3/h9-11H,6-8H2,1-5H3,(H,22,25). The predicted octanol–water partition coefficient (Wildman–Crippen LogP) is 4.90. The summed E-state index contributed by atoms with van der Waals surface area (Å²) in [6.07, 6.45) is 2.07. The van der Waals surface area contributed by atoms with Crippen LogP contribution >= 0.6 is 15.9 Å². The summed E-state index contributed by atoms with van der Waals surface area (Å²) in [5.41, 5.74) is 4.28. The molecule has 0 aliphatic heterocycles. The van der Waals surface area contributed by atoms with Gasteiger partial charge in [0.25, 0.3) is 5.91 Å². The maximum atomic E-state index is 12.8. The van der Waals surface area contributed by atoms with Gasteiger partial charge in [0.2, 0.25) is 0 Å². The Morgan fingerprint density at radius 2 is 1.72 bits per heavy atom. The van der Waals surface area contributed by atoms with E-state index in [1.807, 2.05) is 39.8 Å². The predicted molar refractivity (Wildman–Crippen MR) is 107 cm³/mol. The number of anilines is 1. The number of pyridine rings is 1. The molecule has 0 saturated carbocycles. The monoisotopic (exact) mass is 404 g/mol. The lowest BCUT2D eigenvalue weighted by Crippen LogP contribution is -2.27. The third kappa shape index (κ3) is 4.21. The van der Waals surface area contributed by atoms with Gasteiger partial charge in [0.15, 0.2) is 5.43 Å². The van der Waals surface area contributed by atoms with Gasteiger partial charge in [-0.25, -0.2) is 0 Å². The summed E-state index contributed by atoms with van der Waals surface area (Å²) >= 11 is 3.46. The normalized spacial score (nSPS) is 10.8. The van der Waals surface area contributed by atoms with Crippen LogP contribution in [0.1, 0.15) is 52.6 Å². The van der Waals surface area contributed by atoms with Gasteiger partial charge in [-0.1, -0.05) is 29.3 Å². The number of carbonyl (C=O) groups is 1. The molecule has 0 radical (unpaired) electrons. The summed E-state index contributed by atoms with van der Waals surface area (Å²) in [6, 6.07) is 5.45.